The predicted octanol–water partition coefficient (Wildman–Crippen LogP) is 2.43. The summed E-state index contributed by atoms with van der Waals surface area (Å²) in [5.74, 6) is 0. The molecular formula is C13H22N2. The van der Waals surface area contributed by atoms with Crippen LogP contribution in [0.4, 0.5) is 0 Å². The van der Waals surface area contributed by atoms with Crippen molar-refractivity contribution in [2.75, 3.05) is 0 Å². The smallest absolute Gasteiger partial charge is 0.0298 e. The summed E-state index contributed by atoms with van der Waals surface area (Å²) in [5, 5.41) is 0. The molecule has 15 heavy (non-hydrogen) atoms. The van der Waals surface area contributed by atoms with Crippen LogP contribution in [0.2, 0.25) is 0 Å². The Morgan fingerprint density at radius 2 is 1.80 bits per heavy atom. The van der Waals surface area contributed by atoms with E-state index in [1.54, 1.807) is 0 Å². The van der Waals surface area contributed by atoms with Crippen LogP contribution < -0.4 is 11.5 Å². The van der Waals surface area contributed by atoms with E-state index in [4.69, 9.17) is 11.5 Å². The van der Waals surface area contributed by atoms with E-state index in [-0.39, 0.29) is 12.1 Å². The summed E-state index contributed by atoms with van der Waals surface area (Å²) in [4.78, 5) is 0. The van der Waals surface area contributed by atoms with Crippen LogP contribution in [0.1, 0.15) is 42.5 Å². The first-order valence-electron chi connectivity index (χ1n) is 5.59. The first-order chi connectivity index (χ1) is 7.00. The van der Waals surface area contributed by atoms with E-state index < -0.39 is 0 Å². The third-order valence-electron chi connectivity index (χ3n) is 2.76. The van der Waals surface area contributed by atoms with E-state index in [0.717, 1.165) is 12.8 Å². The molecule has 1 aromatic carbocycles. The Kier molecular flexibility index (Phi) is 4.30. The van der Waals surface area contributed by atoms with Gasteiger partial charge in [0.15, 0.2) is 0 Å². The topological polar surface area (TPSA) is 52.0 Å². The zero-order valence-corrected chi connectivity index (χ0v) is 9.96. The number of hydrogen-bond acceptors (Lipinski definition) is 2. The minimum absolute atomic E-state index is 0.122. The van der Waals surface area contributed by atoms with Gasteiger partial charge in [-0.2, -0.15) is 0 Å². The van der Waals surface area contributed by atoms with Crippen molar-refractivity contribution in [1.82, 2.24) is 0 Å². The molecule has 0 saturated carbocycles. The summed E-state index contributed by atoms with van der Waals surface area (Å²) in [6, 6.07) is 6.80. The Morgan fingerprint density at radius 3 is 2.33 bits per heavy atom. The van der Waals surface area contributed by atoms with E-state index in [9.17, 15) is 0 Å². The summed E-state index contributed by atoms with van der Waals surface area (Å²) in [6.07, 6.45) is 1.94. The average molecular weight is 206 g/mol. The highest BCUT2D eigenvalue weighted by Crippen LogP contribution is 2.21. The third kappa shape index (κ3) is 3.65. The minimum Gasteiger partial charge on any atom is -0.328 e. The fourth-order valence-electron chi connectivity index (χ4n) is 1.84. The molecule has 1 rings (SSSR count). The highest BCUT2D eigenvalue weighted by molar-refractivity contribution is 5.32. The van der Waals surface area contributed by atoms with Crippen molar-refractivity contribution in [3.63, 3.8) is 0 Å². The van der Waals surface area contributed by atoms with Gasteiger partial charge in [0.05, 0.1) is 0 Å². The van der Waals surface area contributed by atoms with Crippen LogP contribution in [-0.2, 0) is 0 Å². The van der Waals surface area contributed by atoms with E-state index in [1.165, 1.54) is 16.7 Å². The van der Waals surface area contributed by atoms with Crippen molar-refractivity contribution in [3.8, 4) is 0 Å². The summed E-state index contributed by atoms with van der Waals surface area (Å²) in [5.41, 5.74) is 15.7. The van der Waals surface area contributed by atoms with Crippen LogP contribution in [0, 0.1) is 13.8 Å². The van der Waals surface area contributed by atoms with Gasteiger partial charge in [0.1, 0.15) is 0 Å². The molecule has 0 bridgehead atoms. The monoisotopic (exact) mass is 206 g/mol. The van der Waals surface area contributed by atoms with Crippen LogP contribution in [0.5, 0.6) is 0 Å². The summed E-state index contributed by atoms with van der Waals surface area (Å²) >= 11 is 0. The van der Waals surface area contributed by atoms with E-state index >= 15 is 0 Å². The maximum absolute atomic E-state index is 6.14. The fourth-order valence-corrected chi connectivity index (χ4v) is 1.84. The van der Waals surface area contributed by atoms with Crippen molar-refractivity contribution in [2.45, 2.75) is 45.7 Å². The lowest BCUT2D eigenvalue weighted by molar-refractivity contribution is 0.553. The molecule has 2 nitrogen and oxygen atoms in total. The normalized spacial score (nSPS) is 15.0. The van der Waals surface area contributed by atoms with Gasteiger partial charge in [-0.05, 0) is 44.7 Å². The molecule has 0 heterocycles. The molecule has 2 heteroatoms. The second kappa shape index (κ2) is 5.29. The van der Waals surface area contributed by atoms with Gasteiger partial charge in [-0.15, -0.1) is 0 Å². The standard InChI is InChI=1S/C13H22N2/c1-9-4-6-12(10(2)8-9)13(15)7-5-11(3)14/h4,6,8,11,13H,5,7,14-15H2,1-3H3. The maximum atomic E-state index is 6.14. The zero-order valence-electron chi connectivity index (χ0n) is 9.96. The van der Waals surface area contributed by atoms with Crippen molar-refractivity contribution in [3.05, 3.63) is 34.9 Å². The fraction of sp³-hybridized carbons (Fsp3) is 0.538. The Labute approximate surface area is 92.7 Å². The minimum atomic E-state index is 0.122. The number of benzene rings is 1. The van der Waals surface area contributed by atoms with Gasteiger partial charge in [-0.25, -0.2) is 0 Å². The van der Waals surface area contributed by atoms with Crippen LogP contribution in [0.3, 0.4) is 0 Å². The van der Waals surface area contributed by atoms with E-state index in [2.05, 4.69) is 32.0 Å². The molecule has 0 aromatic heterocycles. The quantitative estimate of drug-likeness (QED) is 0.795. The summed E-state index contributed by atoms with van der Waals surface area (Å²) in [7, 11) is 0. The highest BCUT2D eigenvalue weighted by Gasteiger charge is 2.09. The number of rotatable bonds is 4. The molecule has 0 amide bonds. The molecule has 4 N–H and O–H groups in total. The van der Waals surface area contributed by atoms with Crippen molar-refractivity contribution in [2.24, 2.45) is 11.5 Å². The second-order valence-electron chi connectivity index (χ2n) is 4.52. The summed E-state index contributed by atoms with van der Waals surface area (Å²) < 4.78 is 0. The molecule has 0 aliphatic heterocycles. The predicted molar refractivity (Wildman–Crippen MR) is 65.7 cm³/mol. The lowest BCUT2D eigenvalue weighted by Crippen LogP contribution is -2.19. The molecule has 0 saturated heterocycles. The Bertz CT molecular complexity index is 318. The first kappa shape index (κ1) is 12.2. The van der Waals surface area contributed by atoms with Gasteiger partial charge in [0.2, 0.25) is 0 Å². The van der Waals surface area contributed by atoms with Gasteiger partial charge < -0.3 is 11.5 Å². The largest absolute Gasteiger partial charge is 0.328 e. The van der Waals surface area contributed by atoms with Gasteiger partial charge in [-0.1, -0.05) is 23.8 Å². The number of nitrogens with two attached hydrogens (primary N) is 2. The molecular weight excluding hydrogens is 184 g/mol. The first-order valence-corrected chi connectivity index (χ1v) is 5.59. The van der Waals surface area contributed by atoms with Crippen molar-refractivity contribution < 1.29 is 0 Å². The lowest BCUT2D eigenvalue weighted by Gasteiger charge is -2.16. The zero-order chi connectivity index (χ0) is 11.4. The highest BCUT2D eigenvalue weighted by atomic mass is 14.6. The van der Waals surface area contributed by atoms with Crippen LogP contribution in [0.15, 0.2) is 18.2 Å². The van der Waals surface area contributed by atoms with Gasteiger partial charge in [0.25, 0.3) is 0 Å². The van der Waals surface area contributed by atoms with Crippen LogP contribution in [-0.4, -0.2) is 6.04 Å². The van der Waals surface area contributed by atoms with Crippen LogP contribution in [0.25, 0.3) is 0 Å². The average Bonchev–Trinajstić information content (AvgIpc) is 2.14. The molecule has 0 aliphatic rings. The molecule has 2 atom stereocenters. The maximum Gasteiger partial charge on any atom is 0.0298 e. The molecule has 0 fully saturated rings. The van der Waals surface area contributed by atoms with Gasteiger partial charge >= 0.3 is 0 Å². The molecule has 0 spiro atoms. The number of hydrogen-bond donors (Lipinski definition) is 2. The Balaban J connectivity index is 2.69. The molecule has 84 valence electrons. The molecule has 2 unspecified atom stereocenters. The molecule has 0 radical (unpaired) electrons. The van der Waals surface area contributed by atoms with Gasteiger partial charge in [0, 0.05) is 12.1 Å². The van der Waals surface area contributed by atoms with Gasteiger partial charge in [-0.3, -0.25) is 0 Å². The molecule has 0 aliphatic carbocycles. The van der Waals surface area contributed by atoms with Crippen molar-refractivity contribution in [1.29, 1.82) is 0 Å². The lowest BCUT2D eigenvalue weighted by atomic mass is 9.96. The van der Waals surface area contributed by atoms with E-state index in [0.29, 0.717) is 0 Å². The third-order valence-corrected chi connectivity index (χ3v) is 2.76. The molecule has 1 aromatic rings. The SMILES string of the molecule is Cc1ccc(C(N)CCC(C)N)c(C)c1. The van der Waals surface area contributed by atoms with Crippen LogP contribution >= 0.6 is 0 Å². The Hall–Kier alpha value is -0.860. The van der Waals surface area contributed by atoms with E-state index in [1.807, 2.05) is 6.92 Å². The number of aryl methyl sites for hydroxylation is 2. The van der Waals surface area contributed by atoms with Crippen molar-refractivity contribution >= 4 is 0 Å². The second-order valence-corrected chi connectivity index (χ2v) is 4.52. The summed E-state index contributed by atoms with van der Waals surface area (Å²) in [6.45, 7) is 6.24. The Morgan fingerprint density at radius 1 is 1.13 bits per heavy atom.